The normalized spacial score (nSPS) is 11.7. The van der Waals surface area contributed by atoms with Gasteiger partial charge in [-0.05, 0) is 38.1 Å². The van der Waals surface area contributed by atoms with E-state index in [-0.39, 0.29) is 12.6 Å². The number of primary amides is 1. The van der Waals surface area contributed by atoms with Crippen LogP contribution in [0.2, 0.25) is 0 Å². The first-order valence-electron chi connectivity index (χ1n) is 6.61. The molecule has 0 fully saturated rings. The van der Waals surface area contributed by atoms with Gasteiger partial charge >= 0.3 is 0 Å². The molecule has 0 saturated heterocycles. The van der Waals surface area contributed by atoms with Gasteiger partial charge in [0.1, 0.15) is 5.75 Å². The van der Waals surface area contributed by atoms with E-state index in [4.69, 9.17) is 10.5 Å². The number of nitrogens with zero attached hydrogens (tertiary/aromatic N) is 2. The maximum absolute atomic E-state index is 10.6. The fraction of sp³-hybridized carbons (Fsp3) is 0.267. The van der Waals surface area contributed by atoms with Crippen molar-refractivity contribution in [2.45, 2.75) is 19.9 Å². The molecule has 110 valence electrons. The lowest BCUT2D eigenvalue weighted by Crippen LogP contribution is -2.20. The third-order valence-electron chi connectivity index (χ3n) is 2.95. The Kier molecular flexibility index (Phi) is 4.71. The Morgan fingerprint density at radius 3 is 2.57 bits per heavy atom. The van der Waals surface area contributed by atoms with Crippen LogP contribution in [-0.4, -0.2) is 22.5 Å². The fourth-order valence-corrected chi connectivity index (χ4v) is 1.96. The summed E-state index contributed by atoms with van der Waals surface area (Å²) in [6, 6.07) is 7.34. The summed E-state index contributed by atoms with van der Waals surface area (Å²) in [5.41, 5.74) is 7.77. The number of benzene rings is 1. The zero-order chi connectivity index (χ0) is 15.2. The van der Waals surface area contributed by atoms with E-state index < -0.39 is 5.91 Å². The van der Waals surface area contributed by atoms with Gasteiger partial charge in [0, 0.05) is 18.1 Å². The van der Waals surface area contributed by atoms with Crippen LogP contribution in [-0.2, 0) is 4.79 Å². The minimum absolute atomic E-state index is 0.0380. The van der Waals surface area contributed by atoms with Crippen molar-refractivity contribution in [3.05, 3.63) is 48.0 Å². The molecule has 1 aromatic carbocycles. The molecule has 2 aromatic rings. The summed E-state index contributed by atoms with van der Waals surface area (Å²) in [5.74, 6) is 0.103. The van der Waals surface area contributed by atoms with Gasteiger partial charge in [0.05, 0.1) is 17.4 Å². The molecule has 6 nitrogen and oxygen atoms in total. The molecule has 0 spiro atoms. The first kappa shape index (κ1) is 14.8. The molecule has 0 bridgehead atoms. The Bertz CT molecular complexity index is 613. The highest BCUT2D eigenvalue weighted by Gasteiger charge is 2.10. The monoisotopic (exact) mass is 286 g/mol. The van der Waals surface area contributed by atoms with E-state index in [1.807, 2.05) is 26.0 Å². The van der Waals surface area contributed by atoms with Gasteiger partial charge in [-0.25, -0.2) is 0 Å². The second kappa shape index (κ2) is 6.69. The Hall–Kier alpha value is -2.63. The Morgan fingerprint density at radius 2 is 1.95 bits per heavy atom. The van der Waals surface area contributed by atoms with Crippen LogP contribution in [0.3, 0.4) is 0 Å². The maximum Gasteiger partial charge on any atom is 0.255 e. The third-order valence-corrected chi connectivity index (χ3v) is 2.95. The Morgan fingerprint density at radius 1 is 1.29 bits per heavy atom. The summed E-state index contributed by atoms with van der Waals surface area (Å²) < 4.78 is 5.21. The lowest BCUT2D eigenvalue weighted by Gasteiger charge is -2.16. The predicted molar refractivity (Wildman–Crippen MR) is 79.9 cm³/mol. The van der Waals surface area contributed by atoms with E-state index in [0.717, 1.165) is 17.1 Å². The van der Waals surface area contributed by atoms with E-state index in [1.54, 1.807) is 24.5 Å². The van der Waals surface area contributed by atoms with Crippen molar-refractivity contribution in [2.75, 3.05) is 11.9 Å². The molecule has 1 unspecified atom stereocenters. The highest BCUT2D eigenvalue weighted by molar-refractivity contribution is 5.75. The number of amides is 1. The molecule has 1 atom stereocenters. The van der Waals surface area contributed by atoms with Crippen LogP contribution in [0.15, 0.2) is 36.7 Å². The number of nitrogens with two attached hydrogens (primary N) is 1. The second-order valence-electron chi connectivity index (χ2n) is 4.67. The first-order chi connectivity index (χ1) is 10.1. The molecular weight excluding hydrogens is 268 g/mol. The topological polar surface area (TPSA) is 90.1 Å². The zero-order valence-electron chi connectivity index (χ0n) is 12.0. The first-order valence-corrected chi connectivity index (χ1v) is 6.61. The van der Waals surface area contributed by atoms with Gasteiger partial charge in [0.15, 0.2) is 6.61 Å². The summed E-state index contributed by atoms with van der Waals surface area (Å²) in [4.78, 5) is 19.2. The van der Waals surface area contributed by atoms with Crippen molar-refractivity contribution in [3.63, 3.8) is 0 Å². The van der Waals surface area contributed by atoms with Crippen LogP contribution in [0.4, 0.5) is 5.69 Å². The number of ether oxygens (including phenoxy) is 1. The number of anilines is 1. The second-order valence-corrected chi connectivity index (χ2v) is 4.67. The van der Waals surface area contributed by atoms with Crippen molar-refractivity contribution in [1.29, 1.82) is 0 Å². The molecule has 0 radical (unpaired) electrons. The van der Waals surface area contributed by atoms with Crippen LogP contribution < -0.4 is 15.8 Å². The lowest BCUT2D eigenvalue weighted by molar-refractivity contribution is -0.119. The van der Waals surface area contributed by atoms with Crippen molar-refractivity contribution in [3.8, 4) is 5.75 Å². The van der Waals surface area contributed by atoms with Gasteiger partial charge in [-0.15, -0.1) is 0 Å². The van der Waals surface area contributed by atoms with E-state index in [1.165, 1.54) is 0 Å². The number of carbonyl (C=O) groups excluding carboxylic acids is 1. The minimum atomic E-state index is -0.496. The van der Waals surface area contributed by atoms with E-state index >= 15 is 0 Å². The van der Waals surface area contributed by atoms with E-state index in [2.05, 4.69) is 15.3 Å². The van der Waals surface area contributed by atoms with Crippen LogP contribution in [0.1, 0.15) is 24.4 Å². The number of carbonyl (C=O) groups is 1. The summed E-state index contributed by atoms with van der Waals surface area (Å²) in [6.07, 6.45) is 3.36. The van der Waals surface area contributed by atoms with Gasteiger partial charge in [0.25, 0.3) is 5.91 Å². The van der Waals surface area contributed by atoms with Crippen molar-refractivity contribution in [1.82, 2.24) is 9.97 Å². The van der Waals surface area contributed by atoms with Crippen molar-refractivity contribution < 1.29 is 9.53 Å². The lowest BCUT2D eigenvalue weighted by atomic mass is 10.1. The van der Waals surface area contributed by atoms with Gasteiger partial charge in [-0.1, -0.05) is 0 Å². The number of hydrogen-bond donors (Lipinski definition) is 2. The molecule has 0 saturated carbocycles. The van der Waals surface area contributed by atoms with Gasteiger partial charge in [-0.3, -0.25) is 14.8 Å². The van der Waals surface area contributed by atoms with Crippen LogP contribution in [0.25, 0.3) is 0 Å². The smallest absolute Gasteiger partial charge is 0.255 e. The molecule has 2 rings (SSSR count). The molecule has 1 aromatic heterocycles. The highest BCUT2D eigenvalue weighted by Crippen LogP contribution is 2.21. The Balaban J connectivity index is 2.00. The number of aromatic nitrogens is 2. The average Bonchev–Trinajstić information content (AvgIpc) is 2.47. The third kappa shape index (κ3) is 4.17. The Labute approximate surface area is 123 Å². The number of hydrogen-bond acceptors (Lipinski definition) is 5. The highest BCUT2D eigenvalue weighted by atomic mass is 16.5. The summed E-state index contributed by atoms with van der Waals surface area (Å²) in [5, 5.41) is 3.34. The predicted octanol–water partition coefficient (Wildman–Crippen LogP) is 1.82. The van der Waals surface area contributed by atoms with Gasteiger partial charge in [-0.2, -0.15) is 0 Å². The van der Waals surface area contributed by atoms with Crippen molar-refractivity contribution >= 4 is 11.6 Å². The summed E-state index contributed by atoms with van der Waals surface area (Å²) in [7, 11) is 0. The largest absolute Gasteiger partial charge is 0.484 e. The fourth-order valence-electron chi connectivity index (χ4n) is 1.96. The number of rotatable bonds is 6. The summed E-state index contributed by atoms with van der Waals surface area (Å²) >= 11 is 0. The molecule has 1 amide bonds. The molecule has 21 heavy (non-hydrogen) atoms. The van der Waals surface area contributed by atoms with E-state index in [9.17, 15) is 4.79 Å². The average molecular weight is 286 g/mol. The number of aryl methyl sites for hydroxylation is 1. The molecule has 0 aliphatic heterocycles. The standard InChI is InChI=1S/C15H18N4O2/c1-10-15(18-8-7-17-10)11(2)19-12-3-5-13(6-4-12)21-9-14(16)20/h3-8,11,19H,9H2,1-2H3,(H2,16,20). The summed E-state index contributed by atoms with van der Waals surface area (Å²) in [6.45, 7) is 3.83. The SMILES string of the molecule is Cc1nccnc1C(C)Nc1ccc(OCC(N)=O)cc1. The minimum Gasteiger partial charge on any atom is -0.484 e. The van der Waals surface area contributed by atoms with Crippen LogP contribution in [0, 0.1) is 6.92 Å². The van der Waals surface area contributed by atoms with Crippen molar-refractivity contribution in [2.24, 2.45) is 5.73 Å². The van der Waals surface area contributed by atoms with Crippen LogP contribution in [0.5, 0.6) is 5.75 Å². The maximum atomic E-state index is 10.6. The zero-order valence-corrected chi connectivity index (χ0v) is 12.0. The quantitative estimate of drug-likeness (QED) is 0.845. The number of nitrogens with one attached hydrogen (secondary N) is 1. The molecule has 1 heterocycles. The van der Waals surface area contributed by atoms with E-state index in [0.29, 0.717) is 5.75 Å². The molecule has 0 aliphatic rings. The molecule has 6 heteroatoms. The van der Waals surface area contributed by atoms with Gasteiger partial charge < -0.3 is 15.8 Å². The van der Waals surface area contributed by atoms with Gasteiger partial charge in [0.2, 0.25) is 0 Å². The molecular formula is C15H18N4O2. The molecule has 0 aliphatic carbocycles. The molecule has 3 N–H and O–H groups in total. The van der Waals surface area contributed by atoms with Crippen LogP contribution >= 0.6 is 0 Å².